The first-order chi connectivity index (χ1) is 8.59. The summed E-state index contributed by atoms with van der Waals surface area (Å²) in [6.45, 7) is 4.24. The number of rotatable bonds is 1. The van der Waals surface area contributed by atoms with Crippen molar-refractivity contribution in [2.24, 2.45) is 0 Å². The summed E-state index contributed by atoms with van der Waals surface area (Å²) in [5, 5.41) is 10.0. The molecule has 98 valence electrons. The molecule has 0 fully saturated rings. The summed E-state index contributed by atoms with van der Waals surface area (Å²) in [6, 6.07) is 7.46. The fraction of sp³-hybridized carbons (Fsp3) is 0.500. The zero-order chi connectivity index (χ0) is 13.1. The van der Waals surface area contributed by atoms with E-state index in [0.29, 0.717) is 13.0 Å². The third-order valence-electron chi connectivity index (χ3n) is 3.00. The smallest absolute Gasteiger partial charge is 0.414 e. The minimum Gasteiger partial charge on any atom is -0.446 e. The molecule has 0 saturated carbocycles. The monoisotopic (exact) mass is 249 g/mol. The predicted molar refractivity (Wildman–Crippen MR) is 69.6 cm³/mol. The molecule has 18 heavy (non-hydrogen) atoms. The SMILES string of the molecule is CC(C)OC(=O)N1CCCC(O)c2ccccc21. The van der Waals surface area contributed by atoms with Crippen LogP contribution in [0.3, 0.4) is 0 Å². The Kier molecular flexibility index (Phi) is 3.87. The second kappa shape index (κ2) is 5.40. The van der Waals surface area contributed by atoms with Crippen molar-refractivity contribution >= 4 is 11.8 Å². The number of carbonyl (C=O) groups is 1. The Labute approximate surface area is 107 Å². The first-order valence-corrected chi connectivity index (χ1v) is 6.34. The third-order valence-corrected chi connectivity index (χ3v) is 3.00. The number of aliphatic hydroxyl groups excluding tert-OH is 1. The molecule has 1 atom stereocenters. The van der Waals surface area contributed by atoms with Crippen LogP contribution in [0.1, 0.15) is 38.4 Å². The lowest BCUT2D eigenvalue weighted by Crippen LogP contribution is -2.33. The number of aliphatic hydroxyl groups is 1. The molecule has 1 aliphatic heterocycles. The van der Waals surface area contributed by atoms with E-state index in [0.717, 1.165) is 17.7 Å². The Morgan fingerprint density at radius 1 is 1.44 bits per heavy atom. The molecular weight excluding hydrogens is 230 g/mol. The number of hydrogen-bond acceptors (Lipinski definition) is 3. The fourth-order valence-corrected chi connectivity index (χ4v) is 2.19. The van der Waals surface area contributed by atoms with Crippen LogP contribution in [0, 0.1) is 0 Å². The van der Waals surface area contributed by atoms with Gasteiger partial charge in [-0.05, 0) is 32.8 Å². The molecule has 1 unspecified atom stereocenters. The number of nitrogens with zero attached hydrogens (tertiary/aromatic N) is 1. The summed E-state index contributed by atoms with van der Waals surface area (Å²) >= 11 is 0. The van der Waals surface area contributed by atoms with Crippen molar-refractivity contribution in [3.63, 3.8) is 0 Å². The number of amides is 1. The van der Waals surface area contributed by atoms with Crippen LogP contribution < -0.4 is 4.90 Å². The van der Waals surface area contributed by atoms with Crippen LogP contribution in [0.15, 0.2) is 24.3 Å². The standard InChI is InChI=1S/C14H19NO3/c1-10(2)18-14(17)15-9-5-8-13(16)11-6-3-4-7-12(11)15/h3-4,6-7,10,13,16H,5,8-9H2,1-2H3. The molecule has 1 heterocycles. The van der Waals surface area contributed by atoms with Crippen LogP contribution in [0.4, 0.5) is 10.5 Å². The summed E-state index contributed by atoms with van der Waals surface area (Å²) in [5.74, 6) is 0. The average Bonchev–Trinajstić information content (AvgIpc) is 2.49. The molecule has 4 heteroatoms. The van der Waals surface area contributed by atoms with Crippen molar-refractivity contribution < 1.29 is 14.6 Å². The second-order valence-corrected chi connectivity index (χ2v) is 4.80. The van der Waals surface area contributed by atoms with Gasteiger partial charge in [0, 0.05) is 12.1 Å². The Balaban J connectivity index is 2.31. The minimum absolute atomic E-state index is 0.141. The van der Waals surface area contributed by atoms with Gasteiger partial charge in [0.25, 0.3) is 0 Å². The van der Waals surface area contributed by atoms with Gasteiger partial charge in [-0.2, -0.15) is 0 Å². The molecule has 1 aliphatic rings. The van der Waals surface area contributed by atoms with Gasteiger partial charge in [0.2, 0.25) is 0 Å². The number of carbonyl (C=O) groups excluding carboxylic acids is 1. The summed E-state index contributed by atoms with van der Waals surface area (Å²) in [4.78, 5) is 13.7. The zero-order valence-electron chi connectivity index (χ0n) is 10.8. The lowest BCUT2D eigenvalue weighted by molar-refractivity contribution is 0.122. The molecule has 0 radical (unpaired) electrons. The van der Waals surface area contributed by atoms with E-state index in [1.807, 2.05) is 38.1 Å². The van der Waals surface area contributed by atoms with Crippen LogP contribution in [0.2, 0.25) is 0 Å². The van der Waals surface area contributed by atoms with Gasteiger partial charge in [-0.25, -0.2) is 4.79 Å². The molecule has 0 bridgehead atoms. The first-order valence-electron chi connectivity index (χ1n) is 6.34. The summed E-state index contributed by atoms with van der Waals surface area (Å²) in [7, 11) is 0. The van der Waals surface area contributed by atoms with E-state index >= 15 is 0 Å². The molecular formula is C14H19NO3. The van der Waals surface area contributed by atoms with Crippen molar-refractivity contribution in [2.75, 3.05) is 11.4 Å². The molecule has 0 spiro atoms. The number of ether oxygens (including phenoxy) is 1. The van der Waals surface area contributed by atoms with Crippen LogP contribution in [-0.2, 0) is 4.74 Å². The summed E-state index contributed by atoms with van der Waals surface area (Å²) in [6.07, 6.45) is 0.452. The van der Waals surface area contributed by atoms with Crippen LogP contribution >= 0.6 is 0 Å². The lowest BCUT2D eigenvalue weighted by atomic mass is 10.1. The number of benzene rings is 1. The van der Waals surface area contributed by atoms with Gasteiger partial charge < -0.3 is 9.84 Å². The van der Waals surface area contributed by atoms with Crippen molar-refractivity contribution in [1.82, 2.24) is 0 Å². The Morgan fingerprint density at radius 2 is 2.17 bits per heavy atom. The summed E-state index contributed by atoms with van der Waals surface area (Å²) < 4.78 is 5.24. The first kappa shape index (κ1) is 12.9. The van der Waals surface area contributed by atoms with Crippen LogP contribution in [0.5, 0.6) is 0 Å². The number of anilines is 1. The van der Waals surface area contributed by atoms with Crippen molar-refractivity contribution in [3.8, 4) is 0 Å². The average molecular weight is 249 g/mol. The number of fused-ring (bicyclic) bond motifs is 1. The van der Waals surface area contributed by atoms with Gasteiger partial charge in [-0.1, -0.05) is 18.2 Å². The number of para-hydroxylation sites is 1. The van der Waals surface area contributed by atoms with E-state index in [4.69, 9.17) is 4.74 Å². The molecule has 1 aromatic carbocycles. The molecule has 0 saturated heterocycles. The van der Waals surface area contributed by atoms with E-state index < -0.39 is 6.10 Å². The van der Waals surface area contributed by atoms with Gasteiger partial charge in [0.15, 0.2) is 0 Å². The Hall–Kier alpha value is -1.55. The molecule has 4 nitrogen and oxygen atoms in total. The molecule has 0 aliphatic carbocycles. The van der Waals surface area contributed by atoms with Crippen molar-refractivity contribution in [2.45, 2.75) is 38.9 Å². The van der Waals surface area contributed by atoms with E-state index in [1.54, 1.807) is 4.90 Å². The van der Waals surface area contributed by atoms with Gasteiger partial charge in [0.1, 0.15) is 0 Å². The van der Waals surface area contributed by atoms with Crippen LogP contribution in [0.25, 0.3) is 0 Å². The third kappa shape index (κ3) is 2.64. The highest BCUT2D eigenvalue weighted by Crippen LogP contribution is 2.32. The maximum atomic E-state index is 12.1. The van der Waals surface area contributed by atoms with Gasteiger partial charge in [-0.15, -0.1) is 0 Å². The van der Waals surface area contributed by atoms with Gasteiger partial charge >= 0.3 is 6.09 Å². The molecule has 0 aromatic heterocycles. The zero-order valence-corrected chi connectivity index (χ0v) is 10.8. The molecule has 1 N–H and O–H groups in total. The number of hydrogen-bond donors (Lipinski definition) is 1. The Bertz CT molecular complexity index is 431. The Morgan fingerprint density at radius 3 is 2.89 bits per heavy atom. The maximum Gasteiger partial charge on any atom is 0.414 e. The van der Waals surface area contributed by atoms with E-state index in [-0.39, 0.29) is 12.2 Å². The van der Waals surface area contributed by atoms with E-state index in [9.17, 15) is 9.90 Å². The molecule has 1 aromatic rings. The topological polar surface area (TPSA) is 49.8 Å². The normalized spacial score (nSPS) is 19.3. The van der Waals surface area contributed by atoms with E-state index in [1.165, 1.54) is 0 Å². The van der Waals surface area contributed by atoms with Gasteiger partial charge in [-0.3, -0.25) is 4.90 Å². The fourth-order valence-electron chi connectivity index (χ4n) is 2.19. The highest BCUT2D eigenvalue weighted by Gasteiger charge is 2.26. The minimum atomic E-state index is -0.502. The van der Waals surface area contributed by atoms with Gasteiger partial charge in [0.05, 0.1) is 17.9 Å². The lowest BCUT2D eigenvalue weighted by Gasteiger charge is -2.23. The highest BCUT2D eigenvalue weighted by atomic mass is 16.6. The maximum absolute atomic E-state index is 12.1. The van der Waals surface area contributed by atoms with Crippen molar-refractivity contribution in [1.29, 1.82) is 0 Å². The quantitative estimate of drug-likeness (QED) is 0.832. The second-order valence-electron chi connectivity index (χ2n) is 4.80. The molecule has 2 rings (SSSR count). The largest absolute Gasteiger partial charge is 0.446 e. The predicted octanol–water partition coefficient (Wildman–Crippen LogP) is 2.87. The molecule has 1 amide bonds. The highest BCUT2D eigenvalue weighted by molar-refractivity contribution is 5.89. The van der Waals surface area contributed by atoms with E-state index in [2.05, 4.69) is 0 Å². The summed E-state index contributed by atoms with van der Waals surface area (Å²) in [5.41, 5.74) is 1.56. The van der Waals surface area contributed by atoms with Crippen molar-refractivity contribution in [3.05, 3.63) is 29.8 Å². The van der Waals surface area contributed by atoms with Crippen LogP contribution in [-0.4, -0.2) is 23.8 Å².